The van der Waals surface area contributed by atoms with Crippen LogP contribution in [0.3, 0.4) is 0 Å². The number of benzene rings is 3. The van der Waals surface area contributed by atoms with Crippen LogP contribution in [0, 0.1) is 0 Å². The summed E-state index contributed by atoms with van der Waals surface area (Å²) < 4.78 is 52.6. The van der Waals surface area contributed by atoms with Gasteiger partial charge in [-0.05, 0) is 60.9 Å². The van der Waals surface area contributed by atoms with Crippen LogP contribution in [0.4, 0.5) is 18.9 Å². The zero-order chi connectivity index (χ0) is 30.6. The Hall–Kier alpha value is -4.52. The lowest BCUT2D eigenvalue weighted by molar-refractivity contribution is -0.137. The fraction of sp³-hybridized carbons (Fsp3) is 0.267. The molecule has 0 saturated heterocycles. The first-order chi connectivity index (χ1) is 20.7. The Bertz CT molecular complexity index is 1640. The van der Waals surface area contributed by atoms with Crippen molar-refractivity contribution in [1.29, 1.82) is 0 Å². The van der Waals surface area contributed by atoms with E-state index in [1.807, 2.05) is 24.3 Å². The molecule has 0 fully saturated rings. The molecule has 0 atom stereocenters. The summed E-state index contributed by atoms with van der Waals surface area (Å²) in [5, 5.41) is 11.3. The van der Waals surface area contributed by atoms with E-state index >= 15 is 0 Å². The minimum absolute atomic E-state index is 0.0105. The maximum absolute atomic E-state index is 13.6. The number of nitrogens with one attached hydrogen (secondary N) is 1. The number of para-hydroxylation sites is 1. The summed E-state index contributed by atoms with van der Waals surface area (Å²) in [5.74, 6) is 0.372. The van der Waals surface area contributed by atoms with Gasteiger partial charge in [0.15, 0.2) is 22.5 Å². The average Bonchev–Trinajstić information content (AvgIpc) is 3.44. The van der Waals surface area contributed by atoms with Crippen molar-refractivity contribution in [2.75, 3.05) is 31.4 Å². The number of halogens is 3. The lowest BCUT2D eigenvalue weighted by Crippen LogP contribution is -2.36. The molecule has 0 saturated carbocycles. The monoisotopic (exact) mass is 611 g/mol. The van der Waals surface area contributed by atoms with Crippen LogP contribution >= 0.6 is 11.8 Å². The van der Waals surface area contributed by atoms with Gasteiger partial charge < -0.3 is 19.7 Å². The molecule has 13 heteroatoms. The standard InChI is InChI=1S/C30H28F3N5O4S/c1-41-24-13-12-20(15-25(24)42-2)28(40)34-17-26-35-36-29(38(26)22-10-5-9-21(16-22)30(31,32)33)43-18-27(39)37-14-6-8-19-7-3-4-11-23(19)37/h3-5,7,9-13,15-16H,6,8,14,17-18H2,1-2H3,(H,34,40). The van der Waals surface area contributed by atoms with Gasteiger partial charge >= 0.3 is 6.18 Å². The Morgan fingerprint density at radius 2 is 1.77 bits per heavy atom. The molecule has 4 aromatic rings. The van der Waals surface area contributed by atoms with Crippen molar-refractivity contribution in [2.45, 2.75) is 30.7 Å². The lowest BCUT2D eigenvalue weighted by Gasteiger charge is -2.29. The Morgan fingerprint density at radius 1 is 0.977 bits per heavy atom. The molecule has 43 heavy (non-hydrogen) atoms. The largest absolute Gasteiger partial charge is 0.493 e. The van der Waals surface area contributed by atoms with Gasteiger partial charge in [0.1, 0.15) is 0 Å². The molecule has 0 bridgehead atoms. The molecular weight excluding hydrogens is 583 g/mol. The Kier molecular flexibility index (Phi) is 8.90. The molecule has 0 spiro atoms. The van der Waals surface area contributed by atoms with Gasteiger partial charge in [0.25, 0.3) is 5.91 Å². The zero-order valence-electron chi connectivity index (χ0n) is 23.4. The van der Waals surface area contributed by atoms with Crippen LogP contribution in [0.5, 0.6) is 11.5 Å². The van der Waals surface area contributed by atoms with Gasteiger partial charge in [-0.25, -0.2) is 0 Å². The number of anilines is 1. The first-order valence-corrected chi connectivity index (χ1v) is 14.3. The molecule has 2 heterocycles. The maximum Gasteiger partial charge on any atom is 0.416 e. The highest BCUT2D eigenvalue weighted by atomic mass is 32.2. The molecule has 2 amide bonds. The molecule has 5 rings (SSSR count). The normalized spacial score (nSPS) is 12.9. The first-order valence-electron chi connectivity index (χ1n) is 13.3. The highest BCUT2D eigenvalue weighted by molar-refractivity contribution is 7.99. The quantitative estimate of drug-likeness (QED) is 0.257. The molecule has 0 unspecified atom stereocenters. The number of methoxy groups -OCH3 is 2. The number of thioether (sulfide) groups is 1. The second kappa shape index (κ2) is 12.8. The number of aryl methyl sites for hydroxylation is 1. The zero-order valence-corrected chi connectivity index (χ0v) is 24.2. The SMILES string of the molecule is COc1ccc(C(=O)NCc2nnc(SCC(=O)N3CCCc4ccccc43)n2-c2cccc(C(F)(F)F)c2)cc1OC. The summed E-state index contributed by atoms with van der Waals surface area (Å²) in [5.41, 5.74) is 1.53. The molecule has 9 nitrogen and oxygen atoms in total. The van der Waals surface area contributed by atoms with Crippen LogP contribution in [0.1, 0.15) is 33.7 Å². The summed E-state index contributed by atoms with van der Waals surface area (Å²) in [7, 11) is 2.93. The van der Waals surface area contributed by atoms with Crippen LogP contribution in [0.25, 0.3) is 5.69 Å². The second-order valence-electron chi connectivity index (χ2n) is 9.60. The van der Waals surface area contributed by atoms with E-state index in [0.717, 1.165) is 48.0 Å². The highest BCUT2D eigenvalue weighted by Gasteiger charge is 2.31. The van der Waals surface area contributed by atoms with E-state index in [4.69, 9.17) is 9.47 Å². The number of hydrogen-bond acceptors (Lipinski definition) is 7. The summed E-state index contributed by atoms with van der Waals surface area (Å²) >= 11 is 1.07. The number of carbonyl (C=O) groups is 2. The van der Waals surface area contributed by atoms with Crippen molar-refractivity contribution in [3.05, 3.63) is 89.2 Å². The Balaban J connectivity index is 1.40. The van der Waals surface area contributed by atoms with Crippen molar-refractivity contribution in [2.24, 2.45) is 0 Å². The van der Waals surface area contributed by atoms with E-state index in [9.17, 15) is 22.8 Å². The number of ether oxygens (including phenoxy) is 2. The fourth-order valence-electron chi connectivity index (χ4n) is 4.82. The molecular formula is C30H28F3N5O4S. The molecule has 224 valence electrons. The van der Waals surface area contributed by atoms with E-state index in [1.54, 1.807) is 17.0 Å². The smallest absolute Gasteiger partial charge is 0.416 e. The third-order valence-electron chi connectivity index (χ3n) is 6.92. The van der Waals surface area contributed by atoms with Gasteiger partial charge in [0, 0.05) is 17.8 Å². The van der Waals surface area contributed by atoms with Crippen LogP contribution in [-0.2, 0) is 23.9 Å². The lowest BCUT2D eigenvalue weighted by atomic mass is 10.0. The third-order valence-corrected chi connectivity index (χ3v) is 7.83. The van der Waals surface area contributed by atoms with E-state index in [2.05, 4.69) is 15.5 Å². The van der Waals surface area contributed by atoms with Crippen molar-refractivity contribution in [3.63, 3.8) is 0 Å². The summed E-state index contributed by atoms with van der Waals surface area (Å²) in [6.45, 7) is 0.425. The topological polar surface area (TPSA) is 98.6 Å². The van der Waals surface area contributed by atoms with Crippen molar-refractivity contribution < 1.29 is 32.2 Å². The minimum Gasteiger partial charge on any atom is -0.493 e. The number of carbonyl (C=O) groups excluding carboxylic acids is 2. The minimum atomic E-state index is -4.57. The third kappa shape index (κ3) is 6.61. The molecule has 3 aromatic carbocycles. The van der Waals surface area contributed by atoms with Gasteiger partial charge in [0.05, 0.1) is 37.8 Å². The number of alkyl halides is 3. The molecule has 1 aromatic heterocycles. The number of fused-ring (bicyclic) bond motifs is 1. The van der Waals surface area contributed by atoms with Gasteiger partial charge in [-0.15, -0.1) is 10.2 Å². The number of nitrogens with zero attached hydrogens (tertiary/aromatic N) is 4. The second-order valence-corrected chi connectivity index (χ2v) is 10.5. The molecule has 0 radical (unpaired) electrons. The predicted molar refractivity (Wildman–Crippen MR) is 155 cm³/mol. The number of amides is 2. The number of hydrogen-bond donors (Lipinski definition) is 1. The molecule has 1 N–H and O–H groups in total. The van der Waals surface area contributed by atoms with Gasteiger partial charge in [-0.3, -0.25) is 14.2 Å². The number of rotatable bonds is 9. The van der Waals surface area contributed by atoms with Gasteiger partial charge in [-0.2, -0.15) is 13.2 Å². The van der Waals surface area contributed by atoms with E-state index in [-0.39, 0.29) is 40.4 Å². The Labute approximate surface area is 250 Å². The van der Waals surface area contributed by atoms with Crippen LogP contribution in [0.2, 0.25) is 0 Å². The summed E-state index contributed by atoms with van der Waals surface area (Å²) in [4.78, 5) is 27.9. The first kappa shape index (κ1) is 30.0. The summed E-state index contributed by atoms with van der Waals surface area (Å²) in [6.07, 6.45) is -2.86. The predicted octanol–water partition coefficient (Wildman–Crippen LogP) is 5.30. The molecule has 1 aliphatic rings. The van der Waals surface area contributed by atoms with Crippen LogP contribution in [-0.4, -0.2) is 53.1 Å². The van der Waals surface area contributed by atoms with E-state index < -0.39 is 17.6 Å². The van der Waals surface area contributed by atoms with Gasteiger partial charge in [0.2, 0.25) is 5.91 Å². The molecule has 1 aliphatic heterocycles. The Morgan fingerprint density at radius 3 is 2.53 bits per heavy atom. The highest BCUT2D eigenvalue weighted by Crippen LogP contribution is 2.33. The van der Waals surface area contributed by atoms with Crippen LogP contribution < -0.4 is 19.7 Å². The van der Waals surface area contributed by atoms with Gasteiger partial charge in [-0.1, -0.05) is 36.0 Å². The molecule has 0 aliphatic carbocycles. The van der Waals surface area contributed by atoms with E-state index in [0.29, 0.717) is 18.0 Å². The van der Waals surface area contributed by atoms with E-state index in [1.165, 1.54) is 37.0 Å². The summed E-state index contributed by atoms with van der Waals surface area (Å²) in [6, 6.07) is 17.1. The van der Waals surface area contributed by atoms with Crippen molar-refractivity contribution >= 4 is 29.3 Å². The maximum atomic E-state index is 13.6. The van der Waals surface area contributed by atoms with Crippen LogP contribution in [0.15, 0.2) is 71.9 Å². The van der Waals surface area contributed by atoms with Crippen molar-refractivity contribution in [3.8, 4) is 17.2 Å². The number of aromatic nitrogens is 3. The average molecular weight is 612 g/mol. The van der Waals surface area contributed by atoms with Crippen molar-refractivity contribution in [1.82, 2.24) is 20.1 Å². The fourth-order valence-corrected chi connectivity index (χ4v) is 5.67.